The lowest BCUT2D eigenvalue weighted by Crippen LogP contribution is -2.28. The van der Waals surface area contributed by atoms with E-state index in [1.54, 1.807) is 12.1 Å². The van der Waals surface area contributed by atoms with Crippen LogP contribution in [0.15, 0.2) is 24.3 Å². The third-order valence-corrected chi connectivity index (χ3v) is 1.99. The van der Waals surface area contributed by atoms with Crippen molar-refractivity contribution < 1.29 is 14.0 Å². The van der Waals surface area contributed by atoms with E-state index >= 15 is 0 Å². The zero-order chi connectivity index (χ0) is 11.4. The van der Waals surface area contributed by atoms with E-state index in [0.29, 0.717) is 0 Å². The Morgan fingerprint density at radius 2 is 1.93 bits per heavy atom. The van der Waals surface area contributed by atoms with Crippen LogP contribution in [0, 0.1) is 5.82 Å². The second-order valence-corrected chi connectivity index (χ2v) is 3.28. The van der Waals surface area contributed by atoms with E-state index in [4.69, 9.17) is 0 Å². The highest BCUT2D eigenvalue weighted by molar-refractivity contribution is 6.04. The summed E-state index contributed by atoms with van der Waals surface area (Å²) in [5.41, 5.74) is 0.184. The molecule has 0 aromatic heterocycles. The van der Waals surface area contributed by atoms with Gasteiger partial charge in [-0.1, -0.05) is 12.1 Å². The summed E-state index contributed by atoms with van der Waals surface area (Å²) in [4.78, 5) is 23.3. The van der Waals surface area contributed by atoms with Gasteiger partial charge in [-0.3, -0.25) is 9.59 Å². The van der Waals surface area contributed by atoms with Crippen molar-refractivity contribution in [2.24, 2.45) is 0 Å². The second kappa shape index (κ2) is 4.68. The number of halogens is 1. The van der Waals surface area contributed by atoms with E-state index in [2.05, 4.69) is 0 Å². The van der Waals surface area contributed by atoms with Gasteiger partial charge in [-0.2, -0.15) is 0 Å². The summed E-state index contributed by atoms with van der Waals surface area (Å²) < 4.78 is 13.3. The van der Waals surface area contributed by atoms with Crippen LogP contribution in [0.25, 0.3) is 0 Å². The first kappa shape index (κ1) is 11.4. The molecule has 0 heterocycles. The van der Waals surface area contributed by atoms with Crippen molar-refractivity contribution in [1.82, 2.24) is 0 Å². The van der Waals surface area contributed by atoms with Crippen LogP contribution in [-0.4, -0.2) is 18.7 Å². The molecule has 1 amide bonds. The van der Waals surface area contributed by atoms with Crippen molar-refractivity contribution in [2.75, 3.05) is 11.9 Å². The Morgan fingerprint density at radius 1 is 1.33 bits per heavy atom. The van der Waals surface area contributed by atoms with E-state index in [1.165, 1.54) is 26.1 Å². The minimum atomic E-state index is -0.475. The fraction of sp³-hybridized carbons (Fsp3) is 0.273. The highest BCUT2D eigenvalue weighted by Gasteiger charge is 2.15. The number of benzene rings is 1. The summed E-state index contributed by atoms with van der Waals surface area (Å²) in [7, 11) is 1.45. The lowest BCUT2D eigenvalue weighted by atomic mass is 10.2. The maximum absolute atomic E-state index is 13.3. The third kappa shape index (κ3) is 2.87. The highest BCUT2D eigenvalue weighted by Crippen LogP contribution is 2.17. The number of Topliss-reactive ketones (excluding diaryl/α,β-unsaturated/α-hetero) is 1. The molecule has 0 saturated heterocycles. The van der Waals surface area contributed by atoms with Crippen LogP contribution < -0.4 is 4.90 Å². The maximum Gasteiger partial charge on any atom is 0.234 e. The number of ketones is 1. The van der Waals surface area contributed by atoms with Gasteiger partial charge in [0.05, 0.1) is 12.1 Å². The molecule has 0 aliphatic carbocycles. The Kier molecular flexibility index (Phi) is 3.55. The molecule has 0 saturated carbocycles. The van der Waals surface area contributed by atoms with Crippen LogP contribution in [0.3, 0.4) is 0 Å². The number of rotatable bonds is 3. The van der Waals surface area contributed by atoms with Gasteiger partial charge in [-0.05, 0) is 19.1 Å². The van der Waals surface area contributed by atoms with E-state index in [9.17, 15) is 14.0 Å². The van der Waals surface area contributed by atoms with Crippen LogP contribution in [-0.2, 0) is 9.59 Å². The van der Waals surface area contributed by atoms with Crippen molar-refractivity contribution >= 4 is 17.4 Å². The van der Waals surface area contributed by atoms with Crippen molar-refractivity contribution in [3.8, 4) is 0 Å². The van der Waals surface area contributed by atoms with E-state index in [1.807, 2.05) is 0 Å². The lowest BCUT2D eigenvalue weighted by Gasteiger charge is -2.16. The first-order chi connectivity index (χ1) is 7.02. The van der Waals surface area contributed by atoms with Gasteiger partial charge in [-0.25, -0.2) is 4.39 Å². The first-order valence-electron chi connectivity index (χ1n) is 4.53. The average molecular weight is 209 g/mol. The molecule has 0 bridgehead atoms. The molecule has 0 radical (unpaired) electrons. The van der Waals surface area contributed by atoms with Gasteiger partial charge in [0.2, 0.25) is 5.91 Å². The number of carbonyl (C=O) groups excluding carboxylic acids is 2. The molecule has 1 aromatic carbocycles. The molecule has 0 fully saturated rings. The molecule has 1 aromatic rings. The Balaban J connectivity index is 2.85. The van der Waals surface area contributed by atoms with Gasteiger partial charge in [-0.15, -0.1) is 0 Å². The van der Waals surface area contributed by atoms with E-state index < -0.39 is 11.7 Å². The summed E-state index contributed by atoms with van der Waals surface area (Å²) in [6.45, 7) is 1.33. The van der Waals surface area contributed by atoms with E-state index in [0.717, 1.165) is 4.90 Å². The fourth-order valence-electron chi connectivity index (χ4n) is 1.19. The molecular formula is C11H12FNO2. The highest BCUT2D eigenvalue weighted by atomic mass is 19.1. The molecule has 0 spiro atoms. The standard InChI is InChI=1S/C11H12FNO2/c1-8(14)7-11(15)13(2)10-6-4-3-5-9(10)12/h3-6H,7H2,1-2H3. The maximum atomic E-state index is 13.3. The monoisotopic (exact) mass is 209 g/mol. The summed E-state index contributed by atoms with van der Waals surface area (Å²) >= 11 is 0. The number of nitrogens with zero attached hydrogens (tertiary/aromatic N) is 1. The minimum absolute atomic E-state index is 0.184. The van der Waals surface area contributed by atoms with Crippen LogP contribution in [0.2, 0.25) is 0 Å². The molecule has 0 unspecified atom stereocenters. The molecule has 0 atom stereocenters. The number of amides is 1. The normalized spacial score (nSPS) is 9.80. The number of hydrogen-bond acceptors (Lipinski definition) is 2. The predicted octanol–water partition coefficient (Wildman–Crippen LogP) is 1.77. The van der Waals surface area contributed by atoms with Gasteiger partial charge < -0.3 is 4.90 Å². The molecule has 0 aliphatic heterocycles. The summed E-state index contributed by atoms with van der Waals surface area (Å²) in [5, 5.41) is 0. The molecule has 0 aliphatic rings. The number of anilines is 1. The summed E-state index contributed by atoms with van der Waals surface area (Å²) in [5.74, 6) is -1.12. The number of para-hydroxylation sites is 1. The largest absolute Gasteiger partial charge is 0.312 e. The molecule has 4 heteroatoms. The minimum Gasteiger partial charge on any atom is -0.312 e. The SMILES string of the molecule is CC(=O)CC(=O)N(C)c1ccccc1F. The van der Waals surface area contributed by atoms with Crippen LogP contribution in [0.5, 0.6) is 0 Å². The van der Waals surface area contributed by atoms with Gasteiger partial charge in [0.25, 0.3) is 0 Å². The summed E-state index contributed by atoms with van der Waals surface area (Å²) in [6, 6.07) is 5.94. The summed E-state index contributed by atoms with van der Waals surface area (Å²) in [6.07, 6.45) is -0.204. The molecule has 80 valence electrons. The Morgan fingerprint density at radius 3 is 2.47 bits per heavy atom. The van der Waals surface area contributed by atoms with Crippen molar-refractivity contribution in [1.29, 1.82) is 0 Å². The van der Waals surface area contributed by atoms with Gasteiger partial charge in [0, 0.05) is 7.05 Å². The van der Waals surface area contributed by atoms with Crippen LogP contribution in [0.1, 0.15) is 13.3 Å². The number of carbonyl (C=O) groups is 2. The zero-order valence-corrected chi connectivity index (χ0v) is 8.66. The Hall–Kier alpha value is -1.71. The fourth-order valence-corrected chi connectivity index (χ4v) is 1.19. The molecule has 0 N–H and O–H groups in total. The van der Waals surface area contributed by atoms with Crippen LogP contribution >= 0.6 is 0 Å². The van der Waals surface area contributed by atoms with Gasteiger partial charge in [0.1, 0.15) is 11.6 Å². The number of hydrogen-bond donors (Lipinski definition) is 0. The van der Waals surface area contributed by atoms with Crippen LogP contribution in [0.4, 0.5) is 10.1 Å². The zero-order valence-electron chi connectivity index (χ0n) is 8.66. The predicted molar refractivity (Wildman–Crippen MR) is 55.1 cm³/mol. The third-order valence-electron chi connectivity index (χ3n) is 1.99. The molecule has 1 rings (SSSR count). The molecule has 3 nitrogen and oxygen atoms in total. The molecule has 15 heavy (non-hydrogen) atoms. The lowest BCUT2D eigenvalue weighted by molar-refractivity contribution is -0.125. The van der Waals surface area contributed by atoms with Crippen molar-refractivity contribution in [3.63, 3.8) is 0 Å². The van der Waals surface area contributed by atoms with Crippen molar-refractivity contribution in [2.45, 2.75) is 13.3 Å². The second-order valence-electron chi connectivity index (χ2n) is 3.28. The first-order valence-corrected chi connectivity index (χ1v) is 4.53. The Labute approximate surface area is 87.5 Å². The van der Waals surface area contributed by atoms with Gasteiger partial charge >= 0.3 is 0 Å². The quantitative estimate of drug-likeness (QED) is 0.711. The van der Waals surface area contributed by atoms with Crippen molar-refractivity contribution in [3.05, 3.63) is 30.1 Å². The van der Waals surface area contributed by atoms with Gasteiger partial charge in [0.15, 0.2) is 0 Å². The topological polar surface area (TPSA) is 37.4 Å². The average Bonchev–Trinajstić information content (AvgIpc) is 2.16. The molecular weight excluding hydrogens is 197 g/mol. The smallest absolute Gasteiger partial charge is 0.234 e. The Bertz CT molecular complexity index is 390. The van der Waals surface area contributed by atoms with E-state index in [-0.39, 0.29) is 17.9 Å².